The maximum absolute atomic E-state index is 12.5. The van der Waals surface area contributed by atoms with E-state index in [1.165, 1.54) is 4.46 Å². The Balaban J connectivity index is 2.10. The fraction of sp³-hybridized carbons (Fsp3) is 0.381. The molecular formula is C21H26O2Se. The van der Waals surface area contributed by atoms with E-state index in [0.717, 1.165) is 25.7 Å². The molecule has 0 saturated carbocycles. The molecule has 0 aliphatic heterocycles. The molecule has 0 N–H and O–H groups in total. The summed E-state index contributed by atoms with van der Waals surface area (Å²) >= 11 is 0.314. The van der Waals surface area contributed by atoms with E-state index >= 15 is 0 Å². The van der Waals surface area contributed by atoms with Crippen molar-refractivity contribution in [2.24, 2.45) is 0 Å². The number of hydrogen-bond acceptors (Lipinski definition) is 2. The van der Waals surface area contributed by atoms with Crippen molar-refractivity contribution >= 4 is 25.4 Å². The van der Waals surface area contributed by atoms with Gasteiger partial charge in [-0.25, -0.2) is 0 Å². The van der Waals surface area contributed by atoms with Crippen LogP contribution in [0.25, 0.3) is 0 Å². The van der Waals surface area contributed by atoms with Crippen molar-refractivity contribution in [3.8, 4) is 0 Å². The van der Waals surface area contributed by atoms with Crippen LogP contribution in [-0.2, 0) is 4.74 Å². The van der Waals surface area contributed by atoms with Crippen LogP contribution in [0.4, 0.5) is 0 Å². The SMILES string of the molecule is CCC[C@@H](OC(=O)c1ccccc1)[C@@H](CCC)[Se]c1ccccc1. The number of ether oxygens (including phenoxy) is 1. The predicted molar refractivity (Wildman–Crippen MR) is 101 cm³/mol. The van der Waals surface area contributed by atoms with Crippen LogP contribution in [0.5, 0.6) is 0 Å². The van der Waals surface area contributed by atoms with Crippen LogP contribution < -0.4 is 4.46 Å². The molecule has 2 atom stereocenters. The zero-order valence-corrected chi connectivity index (χ0v) is 16.2. The molecule has 3 heteroatoms. The third-order valence-electron chi connectivity index (χ3n) is 3.86. The molecule has 2 aromatic rings. The molecule has 2 rings (SSSR count). The molecule has 0 aromatic heterocycles. The third kappa shape index (κ3) is 5.81. The Morgan fingerprint density at radius 1 is 0.917 bits per heavy atom. The Morgan fingerprint density at radius 3 is 2.08 bits per heavy atom. The number of rotatable bonds is 9. The standard InChI is InChI=1S/C21H26O2Se/c1-3-11-19(23-21(22)17-13-7-5-8-14-17)20(12-4-2)24-18-15-9-6-10-16-18/h5-10,13-16,19-20H,3-4,11-12H2,1-2H3/t19-,20-/m1/s1. The molecule has 0 radical (unpaired) electrons. The second kappa shape index (κ2) is 10.3. The van der Waals surface area contributed by atoms with Crippen molar-refractivity contribution < 1.29 is 9.53 Å². The summed E-state index contributed by atoms with van der Waals surface area (Å²) in [5.74, 6) is -0.195. The summed E-state index contributed by atoms with van der Waals surface area (Å²) in [7, 11) is 0. The molecule has 0 aliphatic rings. The van der Waals surface area contributed by atoms with Gasteiger partial charge in [-0.1, -0.05) is 0 Å². The van der Waals surface area contributed by atoms with Gasteiger partial charge in [0.05, 0.1) is 0 Å². The zero-order valence-electron chi connectivity index (χ0n) is 14.5. The third-order valence-corrected chi connectivity index (χ3v) is 6.77. The van der Waals surface area contributed by atoms with Crippen molar-refractivity contribution in [2.45, 2.75) is 50.5 Å². The van der Waals surface area contributed by atoms with Crippen LogP contribution in [0, 0.1) is 0 Å². The Hall–Kier alpha value is -1.57. The Bertz CT molecular complexity index is 598. The van der Waals surface area contributed by atoms with Gasteiger partial charge >= 0.3 is 152 Å². The molecule has 24 heavy (non-hydrogen) atoms. The summed E-state index contributed by atoms with van der Waals surface area (Å²) in [5, 5.41) is 0. The van der Waals surface area contributed by atoms with Gasteiger partial charge in [0, 0.05) is 0 Å². The minimum atomic E-state index is -0.195. The fourth-order valence-electron chi connectivity index (χ4n) is 2.66. The van der Waals surface area contributed by atoms with Crippen LogP contribution in [-0.4, -0.2) is 27.0 Å². The zero-order chi connectivity index (χ0) is 17.2. The molecule has 128 valence electrons. The van der Waals surface area contributed by atoms with Crippen molar-refractivity contribution in [3.63, 3.8) is 0 Å². The van der Waals surface area contributed by atoms with Gasteiger partial charge in [-0.3, -0.25) is 0 Å². The van der Waals surface area contributed by atoms with Crippen molar-refractivity contribution in [2.75, 3.05) is 0 Å². The first-order chi connectivity index (χ1) is 11.7. The Labute approximate surface area is 151 Å². The molecule has 0 amide bonds. The van der Waals surface area contributed by atoms with Crippen LogP contribution in [0.1, 0.15) is 49.9 Å². The average molecular weight is 389 g/mol. The Kier molecular flexibility index (Phi) is 8.07. The molecule has 2 nitrogen and oxygen atoms in total. The number of benzene rings is 2. The second-order valence-electron chi connectivity index (χ2n) is 5.86. The van der Waals surface area contributed by atoms with Crippen molar-refractivity contribution in [1.82, 2.24) is 0 Å². The van der Waals surface area contributed by atoms with Crippen LogP contribution >= 0.6 is 0 Å². The number of carbonyl (C=O) groups excluding carboxylic acids is 1. The summed E-state index contributed by atoms with van der Waals surface area (Å²) in [5.41, 5.74) is 0.640. The molecule has 0 unspecified atom stereocenters. The van der Waals surface area contributed by atoms with Crippen LogP contribution in [0.15, 0.2) is 60.7 Å². The number of hydrogen-bond donors (Lipinski definition) is 0. The van der Waals surface area contributed by atoms with Gasteiger partial charge in [0.1, 0.15) is 0 Å². The van der Waals surface area contributed by atoms with E-state index in [1.807, 2.05) is 36.4 Å². The summed E-state index contributed by atoms with van der Waals surface area (Å²) in [6.45, 7) is 4.36. The summed E-state index contributed by atoms with van der Waals surface area (Å²) < 4.78 is 7.32. The van der Waals surface area contributed by atoms with Crippen LogP contribution in [0.2, 0.25) is 4.82 Å². The maximum atomic E-state index is 12.5. The molecular weight excluding hydrogens is 363 g/mol. The molecule has 0 bridgehead atoms. The molecule has 2 aromatic carbocycles. The summed E-state index contributed by atoms with van der Waals surface area (Å²) in [6.07, 6.45) is 4.17. The van der Waals surface area contributed by atoms with E-state index in [1.54, 1.807) is 0 Å². The van der Waals surface area contributed by atoms with E-state index in [0.29, 0.717) is 25.3 Å². The van der Waals surface area contributed by atoms with Crippen molar-refractivity contribution in [1.29, 1.82) is 0 Å². The predicted octanol–water partition coefficient (Wildman–Crippen LogP) is 4.63. The van der Waals surface area contributed by atoms with Gasteiger partial charge in [-0.2, -0.15) is 0 Å². The van der Waals surface area contributed by atoms with Gasteiger partial charge < -0.3 is 0 Å². The van der Waals surface area contributed by atoms with E-state index in [4.69, 9.17) is 4.74 Å². The molecule has 0 saturated heterocycles. The van der Waals surface area contributed by atoms with E-state index in [-0.39, 0.29) is 12.1 Å². The molecule has 0 heterocycles. The minimum absolute atomic E-state index is 0.00265. The summed E-state index contributed by atoms with van der Waals surface area (Å²) in [6, 6.07) is 19.9. The van der Waals surface area contributed by atoms with E-state index < -0.39 is 0 Å². The first-order valence-electron chi connectivity index (χ1n) is 8.72. The van der Waals surface area contributed by atoms with Crippen LogP contribution in [0.3, 0.4) is 0 Å². The van der Waals surface area contributed by atoms with E-state index in [9.17, 15) is 4.79 Å². The average Bonchev–Trinajstić information content (AvgIpc) is 2.62. The first-order valence-corrected chi connectivity index (χ1v) is 10.6. The number of carbonyl (C=O) groups is 1. The Morgan fingerprint density at radius 2 is 1.50 bits per heavy atom. The normalized spacial score (nSPS) is 13.2. The number of esters is 1. The summed E-state index contributed by atoms with van der Waals surface area (Å²) in [4.78, 5) is 12.9. The molecule has 0 spiro atoms. The van der Waals surface area contributed by atoms with Gasteiger partial charge in [-0.05, 0) is 0 Å². The molecule has 0 fully saturated rings. The van der Waals surface area contributed by atoms with E-state index in [2.05, 4.69) is 38.1 Å². The van der Waals surface area contributed by atoms with Gasteiger partial charge in [0.25, 0.3) is 0 Å². The first kappa shape index (κ1) is 18.8. The van der Waals surface area contributed by atoms with Gasteiger partial charge in [-0.15, -0.1) is 0 Å². The van der Waals surface area contributed by atoms with Gasteiger partial charge in [0.2, 0.25) is 0 Å². The molecule has 0 aliphatic carbocycles. The topological polar surface area (TPSA) is 26.3 Å². The fourth-order valence-corrected chi connectivity index (χ4v) is 5.52. The van der Waals surface area contributed by atoms with Crippen molar-refractivity contribution in [3.05, 3.63) is 66.2 Å². The second-order valence-corrected chi connectivity index (χ2v) is 8.61. The van der Waals surface area contributed by atoms with Gasteiger partial charge in [0.15, 0.2) is 0 Å². The monoisotopic (exact) mass is 390 g/mol. The quantitative estimate of drug-likeness (QED) is 0.462.